The van der Waals surface area contributed by atoms with E-state index in [2.05, 4.69) is 27.7 Å². The van der Waals surface area contributed by atoms with E-state index in [-0.39, 0.29) is 0 Å². The molecule has 0 amide bonds. The van der Waals surface area contributed by atoms with Crippen molar-refractivity contribution in [1.82, 2.24) is 0 Å². The minimum absolute atomic E-state index is 0.386. The molecule has 0 bridgehead atoms. The molecular weight excluding hydrogens is 168 g/mol. The number of hydrogen-bond donors (Lipinski definition) is 0. The molecular formula is C11H23Cl. The summed E-state index contributed by atoms with van der Waals surface area (Å²) in [6.45, 7) is 8.95. The van der Waals surface area contributed by atoms with Crippen molar-refractivity contribution in [3.8, 4) is 0 Å². The largest absolute Gasteiger partial charge is 0.123 e. The van der Waals surface area contributed by atoms with Crippen molar-refractivity contribution in [2.24, 2.45) is 11.8 Å². The van der Waals surface area contributed by atoms with E-state index in [0.717, 1.165) is 5.92 Å². The Labute approximate surface area is 82.7 Å². The Morgan fingerprint density at radius 3 is 1.83 bits per heavy atom. The summed E-state index contributed by atoms with van der Waals surface area (Å²) in [5, 5.41) is 0.386. The lowest BCUT2D eigenvalue weighted by Crippen LogP contribution is -2.07. The molecule has 12 heavy (non-hydrogen) atoms. The minimum Gasteiger partial charge on any atom is -0.123 e. The van der Waals surface area contributed by atoms with Gasteiger partial charge in [0.15, 0.2) is 0 Å². The predicted octanol–water partition coefficient (Wildman–Crippen LogP) is 4.47. The van der Waals surface area contributed by atoms with Crippen LogP contribution >= 0.6 is 11.6 Å². The maximum atomic E-state index is 6.13. The Balaban J connectivity index is 3.20. The van der Waals surface area contributed by atoms with Crippen molar-refractivity contribution in [2.75, 3.05) is 0 Å². The molecule has 0 saturated carbocycles. The van der Waals surface area contributed by atoms with Crippen LogP contribution in [0.15, 0.2) is 0 Å². The lowest BCUT2D eigenvalue weighted by Gasteiger charge is -2.12. The van der Waals surface area contributed by atoms with Crippen LogP contribution in [-0.2, 0) is 0 Å². The van der Waals surface area contributed by atoms with Gasteiger partial charge in [-0.1, -0.05) is 47.0 Å². The molecule has 0 aromatic carbocycles. The van der Waals surface area contributed by atoms with E-state index in [1.165, 1.54) is 25.7 Å². The van der Waals surface area contributed by atoms with Gasteiger partial charge in [-0.05, 0) is 18.3 Å². The van der Waals surface area contributed by atoms with Crippen LogP contribution in [0.2, 0.25) is 0 Å². The maximum absolute atomic E-state index is 6.13. The van der Waals surface area contributed by atoms with Crippen LogP contribution in [0.1, 0.15) is 53.4 Å². The van der Waals surface area contributed by atoms with E-state index >= 15 is 0 Å². The summed E-state index contributed by atoms with van der Waals surface area (Å²) in [4.78, 5) is 0. The van der Waals surface area contributed by atoms with Gasteiger partial charge in [0.05, 0.1) is 0 Å². The minimum atomic E-state index is 0.386. The van der Waals surface area contributed by atoms with E-state index in [4.69, 9.17) is 11.6 Å². The van der Waals surface area contributed by atoms with Crippen molar-refractivity contribution in [2.45, 2.75) is 58.8 Å². The second-order valence-electron chi connectivity index (χ2n) is 4.44. The van der Waals surface area contributed by atoms with Crippen LogP contribution in [0.5, 0.6) is 0 Å². The van der Waals surface area contributed by atoms with Gasteiger partial charge in [-0.15, -0.1) is 11.6 Å². The first-order chi connectivity index (χ1) is 5.54. The van der Waals surface area contributed by atoms with Crippen LogP contribution in [-0.4, -0.2) is 5.38 Å². The Hall–Kier alpha value is 0.290. The number of unbranched alkanes of at least 4 members (excludes halogenated alkanes) is 1. The third-order valence-electron chi connectivity index (χ3n) is 2.23. The predicted molar refractivity (Wildman–Crippen MR) is 57.8 cm³/mol. The molecule has 0 radical (unpaired) electrons. The van der Waals surface area contributed by atoms with Crippen LogP contribution in [0.4, 0.5) is 0 Å². The maximum Gasteiger partial charge on any atom is 0.0359 e. The first-order valence-corrected chi connectivity index (χ1v) is 5.61. The molecule has 0 spiro atoms. The molecule has 0 fully saturated rings. The summed E-state index contributed by atoms with van der Waals surface area (Å²) in [6.07, 6.45) is 5.17. The highest BCUT2D eigenvalue weighted by molar-refractivity contribution is 6.20. The summed E-state index contributed by atoms with van der Waals surface area (Å²) in [7, 11) is 0. The number of hydrogen-bond acceptors (Lipinski definition) is 0. The summed E-state index contributed by atoms with van der Waals surface area (Å²) in [6, 6.07) is 0. The fourth-order valence-corrected chi connectivity index (χ4v) is 1.38. The topological polar surface area (TPSA) is 0 Å². The molecule has 0 N–H and O–H groups in total. The Morgan fingerprint density at radius 2 is 1.42 bits per heavy atom. The Kier molecular flexibility index (Phi) is 6.93. The summed E-state index contributed by atoms with van der Waals surface area (Å²) >= 11 is 6.13. The summed E-state index contributed by atoms with van der Waals surface area (Å²) in [5.74, 6) is 1.48. The van der Waals surface area contributed by atoms with Crippen molar-refractivity contribution in [1.29, 1.82) is 0 Å². The monoisotopic (exact) mass is 190 g/mol. The molecule has 0 aliphatic rings. The molecule has 74 valence electrons. The van der Waals surface area contributed by atoms with Crippen LogP contribution < -0.4 is 0 Å². The van der Waals surface area contributed by atoms with Gasteiger partial charge in [0.25, 0.3) is 0 Å². The van der Waals surface area contributed by atoms with E-state index in [0.29, 0.717) is 11.3 Å². The van der Waals surface area contributed by atoms with Gasteiger partial charge in [0, 0.05) is 5.38 Å². The van der Waals surface area contributed by atoms with Crippen molar-refractivity contribution in [3.05, 3.63) is 0 Å². The van der Waals surface area contributed by atoms with E-state index < -0.39 is 0 Å². The lowest BCUT2D eigenvalue weighted by molar-refractivity contribution is 0.491. The van der Waals surface area contributed by atoms with Crippen molar-refractivity contribution >= 4 is 11.6 Å². The zero-order chi connectivity index (χ0) is 9.56. The number of rotatable bonds is 6. The zero-order valence-corrected chi connectivity index (χ0v) is 9.69. The Morgan fingerprint density at radius 1 is 0.917 bits per heavy atom. The molecule has 0 saturated heterocycles. The third kappa shape index (κ3) is 6.97. The SMILES string of the molecule is CC(C)CCCCC(Cl)C(C)C. The van der Waals surface area contributed by atoms with E-state index in [1.54, 1.807) is 0 Å². The zero-order valence-electron chi connectivity index (χ0n) is 8.94. The van der Waals surface area contributed by atoms with Crippen molar-refractivity contribution < 1.29 is 0 Å². The van der Waals surface area contributed by atoms with Gasteiger partial charge in [-0.2, -0.15) is 0 Å². The lowest BCUT2D eigenvalue weighted by atomic mass is 10.0. The number of halogens is 1. The molecule has 0 aromatic rings. The second kappa shape index (κ2) is 6.77. The first-order valence-electron chi connectivity index (χ1n) is 5.18. The molecule has 1 unspecified atom stereocenters. The van der Waals surface area contributed by atoms with Crippen LogP contribution in [0, 0.1) is 11.8 Å². The van der Waals surface area contributed by atoms with Crippen molar-refractivity contribution in [3.63, 3.8) is 0 Å². The first kappa shape index (κ1) is 12.3. The van der Waals surface area contributed by atoms with E-state index in [9.17, 15) is 0 Å². The molecule has 0 rings (SSSR count). The molecule has 0 nitrogen and oxygen atoms in total. The standard InChI is InChI=1S/C11H23Cl/c1-9(2)7-5-6-8-11(12)10(3)4/h9-11H,5-8H2,1-4H3. The summed E-state index contributed by atoms with van der Waals surface area (Å²) in [5.41, 5.74) is 0. The highest BCUT2D eigenvalue weighted by Gasteiger charge is 2.08. The van der Waals surface area contributed by atoms with Gasteiger partial charge in [0.1, 0.15) is 0 Å². The quantitative estimate of drug-likeness (QED) is 0.429. The van der Waals surface area contributed by atoms with Crippen LogP contribution in [0.3, 0.4) is 0 Å². The molecule has 0 heterocycles. The number of alkyl halides is 1. The smallest absolute Gasteiger partial charge is 0.0359 e. The average Bonchev–Trinajstić information content (AvgIpc) is 1.97. The van der Waals surface area contributed by atoms with Gasteiger partial charge in [-0.25, -0.2) is 0 Å². The normalized spacial score (nSPS) is 14.2. The molecule has 1 atom stereocenters. The second-order valence-corrected chi connectivity index (χ2v) is 5.00. The molecule has 1 heteroatoms. The highest BCUT2D eigenvalue weighted by atomic mass is 35.5. The van der Waals surface area contributed by atoms with Gasteiger partial charge in [0.2, 0.25) is 0 Å². The fraction of sp³-hybridized carbons (Fsp3) is 1.00. The van der Waals surface area contributed by atoms with Gasteiger partial charge < -0.3 is 0 Å². The molecule has 0 aliphatic heterocycles. The van der Waals surface area contributed by atoms with E-state index in [1.807, 2.05) is 0 Å². The molecule has 0 aromatic heterocycles. The van der Waals surface area contributed by atoms with Gasteiger partial charge >= 0.3 is 0 Å². The van der Waals surface area contributed by atoms with Gasteiger partial charge in [-0.3, -0.25) is 0 Å². The molecule has 0 aliphatic carbocycles. The highest BCUT2D eigenvalue weighted by Crippen LogP contribution is 2.18. The summed E-state index contributed by atoms with van der Waals surface area (Å²) < 4.78 is 0. The van der Waals surface area contributed by atoms with Crippen LogP contribution in [0.25, 0.3) is 0 Å². The Bertz CT molecular complexity index is 97.2. The fourth-order valence-electron chi connectivity index (χ4n) is 1.23. The third-order valence-corrected chi connectivity index (χ3v) is 2.96. The average molecular weight is 191 g/mol.